The summed E-state index contributed by atoms with van der Waals surface area (Å²) < 4.78 is 17.4. The fourth-order valence-corrected chi connectivity index (χ4v) is 4.26. The number of aromatic amines is 1. The Morgan fingerprint density at radius 1 is 0.970 bits per heavy atom. The zero-order valence-corrected chi connectivity index (χ0v) is 18.4. The molecule has 6 aromatic rings. The summed E-state index contributed by atoms with van der Waals surface area (Å²) in [7, 11) is 0. The molecule has 0 unspecified atom stereocenters. The molecule has 0 saturated carbocycles. The van der Waals surface area contributed by atoms with Crippen molar-refractivity contribution >= 4 is 45.1 Å². The van der Waals surface area contributed by atoms with Crippen molar-refractivity contribution in [3.8, 4) is 16.9 Å². The van der Waals surface area contributed by atoms with Crippen LogP contribution in [0.2, 0.25) is 10.0 Å². The summed E-state index contributed by atoms with van der Waals surface area (Å²) in [6.45, 7) is 0.375. The molecule has 7 nitrogen and oxygen atoms in total. The van der Waals surface area contributed by atoms with E-state index in [1.165, 1.54) is 6.07 Å². The minimum atomic E-state index is -0.462. The van der Waals surface area contributed by atoms with Crippen LogP contribution in [-0.2, 0) is 6.54 Å². The number of nitrogens with zero attached hydrogens (tertiary/aromatic N) is 6. The van der Waals surface area contributed by atoms with E-state index in [1.807, 2.05) is 36.4 Å². The summed E-state index contributed by atoms with van der Waals surface area (Å²) in [5, 5.41) is 21.6. The molecule has 3 aromatic heterocycles. The average Bonchev–Trinajstić information content (AvgIpc) is 3.55. The van der Waals surface area contributed by atoms with Gasteiger partial charge < -0.3 is 0 Å². The van der Waals surface area contributed by atoms with Crippen LogP contribution in [0.3, 0.4) is 0 Å². The summed E-state index contributed by atoms with van der Waals surface area (Å²) >= 11 is 12.4. The topological polar surface area (TPSA) is 77.2 Å². The van der Waals surface area contributed by atoms with Gasteiger partial charge in [0.25, 0.3) is 0 Å². The van der Waals surface area contributed by atoms with Gasteiger partial charge in [-0.3, -0.25) is 9.78 Å². The van der Waals surface area contributed by atoms with Gasteiger partial charge in [0.05, 0.1) is 45.2 Å². The molecule has 0 fully saturated rings. The SMILES string of the molecule is Fc1cc(Cn2nccc2-c2cc(Cl)c3nnn(-c4ccc5cn[nH]c5c4)c3c2)ccc1Cl. The Bertz CT molecular complexity index is 1650. The predicted molar refractivity (Wildman–Crippen MR) is 125 cm³/mol. The van der Waals surface area contributed by atoms with E-state index in [0.717, 1.165) is 38.9 Å². The summed E-state index contributed by atoms with van der Waals surface area (Å²) in [5.74, 6) is -0.462. The molecule has 3 aromatic carbocycles. The van der Waals surface area contributed by atoms with Gasteiger partial charge in [-0.05, 0) is 54.1 Å². The standard InChI is InChI=1S/C23H14Cl2FN7/c24-17-4-1-13(7-19(17)26)12-32-21(5-6-28-32)15-8-18(25)23-22(9-15)33(31-30-23)16-3-2-14-11-27-29-20(14)10-16/h1-11H,12H2,(H,27,29). The number of benzene rings is 3. The molecule has 1 N–H and O–H groups in total. The first-order valence-electron chi connectivity index (χ1n) is 10.0. The van der Waals surface area contributed by atoms with Crippen LogP contribution in [-0.4, -0.2) is 35.0 Å². The number of nitrogens with one attached hydrogen (secondary N) is 1. The van der Waals surface area contributed by atoms with Crippen molar-refractivity contribution in [2.75, 3.05) is 0 Å². The average molecular weight is 478 g/mol. The maximum absolute atomic E-state index is 13.9. The number of hydrogen-bond acceptors (Lipinski definition) is 4. The Morgan fingerprint density at radius 3 is 2.76 bits per heavy atom. The first-order valence-corrected chi connectivity index (χ1v) is 10.8. The molecule has 0 amide bonds. The van der Waals surface area contributed by atoms with Gasteiger partial charge in [0.1, 0.15) is 11.3 Å². The van der Waals surface area contributed by atoms with E-state index < -0.39 is 5.82 Å². The monoisotopic (exact) mass is 477 g/mol. The van der Waals surface area contributed by atoms with E-state index in [9.17, 15) is 4.39 Å². The highest BCUT2D eigenvalue weighted by Crippen LogP contribution is 2.31. The van der Waals surface area contributed by atoms with E-state index in [-0.39, 0.29) is 5.02 Å². The molecule has 0 radical (unpaired) electrons. The van der Waals surface area contributed by atoms with E-state index >= 15 is 0 Å². The molecule has 162 valence electrons. The smallest absolute Gasteiger partial charge is 0.142 e. The van der Waals surface area contributed by atoms with Crippen LogP contribution in [0.1, 0.15) is 5.56 Å². The molecule has 0 aliphatic heterocycles. The van der Waals surface area contributed by atoms with Crippen molar-refractivity contribution in [2.45, 2.75) is 6.54 Å². The molecule has 33 heavy (non-hydrogen) atoms. The predicted octanol–water partition coefficient (Wildman–Crippen LogP) is 5.65. The summed E-state index contributed by atoms with van der Waals surface area (Å²) in [6.07, 6.45) is 3.46. The maximum atomic E-state index is 13.9. The van der Waals surface area contributed by atoms with Crippen LogP contribution < -0.4 is 0 Å². The Morgan fingerprint density at radius 2 is 1.88 bits per heavy atom. The van der Waals surface area contributed by atoms with E-state index in [0.29, 0.717) is 17.1 Å². The molecule has 0 saturated heterocycles. The normalized spacial score (nSPS) is 11.6. The third kappa shape index (κ3) is 3.44. The lowest BCUT2D eigenvalue weighted by Crippen LogP contribution is -2.04. The lowest BCUT2D eigenvalue weighted by molar-refractivity contribution is 0.620. The van der Waals surface area contributed by atoms with Crippen LogP contribution >= 0.6 is 23.2 Å². The molecule has 0 atom stereocenters. The van der Waals surface area contributed by atoms with Crippen LogP contribution in [0.15, 0.2) is 67.0 Å². The van der Waals surface area contributed by atoms with Crippen molar-refractivity contribution in [3.05, 3.63) is 88.4 Å². The van der Waals surface area contributed by atoms with Gasteiger partial charge in [0.2, 0.25) is 0 Å². The second-order valence-corrected chi connectivity index (χ2v) is 8.41. The highest BCUT2D eigenvalue weighted by Gasteiger charge is 2.15. The van der Waals surface area contributed by atoms with Gasteiger partial charge in [-0.25, -0.2) is 9.07 Å². The van der Waals surface area contributed by atoms with Crippen molar-refractivity contribution in [1.82, 2.24) is 35.0 Å². The van der Waals surface area contributed by atoms with E-state index in [4.69, 9.17) is 23.2 Å². The summed E-state index contributed by atoms with van der Waals surface area (Å²) in [4.78, 5) is 0. The van der Waals surface area contributed by atoms with Crippen molar-refractivity contribution < 1.29 is 4.39 Å². The number of halogens is 3. The summed E-state index contributed by atoms with van der Waals surface area (Å²) in [6, 6.07) is 16.3. The molecule has 6 rings (SSSR count). The first-order chi connectivity index (χ1) is 16.1. The molecule has 0 bridgehead atoms. The second kappa shape index (κ2) is 7.68. The number of fused-ring (bicyclic) bond motifs is 2. The maximum Gasteiger partial charge on any atom is 0.142 e. The lowest BCUT2D eigenvalue weighted by atomic mass is 10.1. The molecular formula is C23H14Cl2FN7. The Kier molecular flexibility index (Phi) is 4.63. The van der Waals surface area contributed by atoms with Crippen molar-refractivity contribution in [3.63, 3.8) is 0 Å². The van der Waals surface area contributed by atoms with E-state index in [1.54, 1.807) is 33.9 Å². The van der Waals surface area contributed by atoms with Crippen molar-refractivity contribution in [2.24, 2.45) is 0 Å². The molecule has 0 aliphatic carbocycles. The number of rotatable bonds is 4. The van der Waals surface area contributed by atoms with Crippen LogP contribution in [0, 0.1) is 5.82 Å². The minimum Gasteiger partial charge on any atom is -0.278 e. The Hall–Kier alpha value is -3.75. The fourth-order valence-electron chi connectivity index (χ4n) is 3.89. The zero-order chi connectivity index (χ0) is 22.5. The van der Waals surface area contributed by atoms with Gasteiger partial charge >= 0.3 is 0 Å². The Labute approximate surface area is 196 Å². The number of aromatic nitrogens is 7. The largest absolute Gasteiger partial charge is 0.278 e. The molecule has 0 aliphatic rings. The second-order valence-electron chi connectivity index (χ2n) is 7.59. The van der Waals surface area contributed by atoms with Gasteiger partial charge in [-0.2, -0.15) is 10.2 Å². The minimum absolute atomic E-state index is 0.0887. The highest BCUT2D eigenvalue weighted by molar-refractivity contribution is 6.35. The molecule has 3 heterocycles. The van der Waals surface area contributed by atoms with Crippen LogP contribution in [0.25, 0.3) is 38.9 Å². The molecular weight excluding hydrogens is 464 g/mol. The van der Waals surface area contributed by atoms with Gasteiger partial charge in [0.15, 0.2) is 0 Å². The van der Waals surface area contributed by atoms with Gasteiger partial charge in [-0.1, -0.05) is 34.5 Å². The first kappa shape index (κ1) is 19.9. The number of hydrogen-bond donors (Lipinski definition) is 1. The molecule has 10 heteroatoms. The van der Waals surface area contributed by atoms with E-state index in [2.05, 4.69) is 25.6 Å². The molecule has 0 spiro atoms. The van der Waals surface area contributed by atoms with Crippen molar-refractivity contribution in [1.29, 1.82) is 0 Å². The lowest BCUT2D eigenvalue weighted by Gasteiger charge is -2.10. The van der Waals surface area contributed by atoms with Gasteiger partial charge in [-0.15, -0.1) is 5.10 Å². The number of H-pyrrole nitrogens is 1. The zero-order valence-electron chi connectivity index (χ0n) is 16.9. The summed E-state index contributed by atoms with van der Waals surface area (Å²) in [5.41, 5.74) is 5.47. The highest BCUT2D eigenvalue weighted by atomic mass is 35.5. The fraction of sp³-hybridized carbons (Fsp3) is 0.0435. The van der Waals surface area contributed by atoms with Gasteiger partial charge in [0, 0.05) is 17.1 Å². The van der Waals surface area contributed by atoms with Crippen LogP contribution in [0.4, 0.5) is 4.39 Å². The third-order valence-corrected chi connectivity index (χ3v) is 6.10. The quantitative estimate of drug-likeness (QED) is 0.355. The van der Waals surface area contributed by atoms with Crippen LogP contribution in [0.5, 0.6) is 0 Å². The Balaban J connectivity index is 1.44. The third-order valence-electron chi connectivity index (χ3n) is 5.50.